The highest BCUT2D eigenvalue weighted by Gasteiger charge is 2.38. The second-order valence-corrected chi connectivity index (χ2v) is 8.53. The van der Waals surface area contributed by atoms with Crippen LogP contribution in [-0.4, -0.2) is 42.5 Å². The number of nitrogens with one attached hydrogen (secondary N) is 1. The van der Waals surface area contributed by atoms with Gasteiger partial charge in [0, 0.05) is 18.8 Å². The van der Waals surface area contributed by atoms with E-state index in [2.05, 4.69) is 11.9 Å². The standard InChI is InChI=1S/C24H35NO4/c1-3-22(20-9-13-24(27,4-2)17-20)25-23(26)19-5-7-21(8-6-19)29-16-12-18-10-14-28-15-11-18/h3,5-8,18,20,22,27H,1,4,9-17H2,2H3,(H,25,26). The first-order valence-electron chi connectivity index (χ1n) is 11.0. The molecule has 0 bridgehead atoms. The van der Waals surface area contributed by atoms with Crippen molar-refractivity contribution >= 4 is 5.91 Å². The average molecular weight is 402 g/mol. The molecule has 29 heavy (non-hydrogen) atoms. The number of ether oxygens (including phenoxy) is 2. The van der Waals surface area contributed by atoms with E-state index in [-0.39, 0.29) is 17.9 Å². The Bertz CT molecular complexity index is 668. The fraction of sp³-hybridized carbons (Fsp3) is 0.625. The lowest BCUT2D eigenvalue weighted by Crippen LogP contribution is -2.39. The van der Waals surface area contributed by atoms with Crippen molar-refractivity contribution in [3.05, 3.63) is 42.5 Å². The molecule has 1 saturated carbocycles. The maximum absolute atomic E-state index is 12.7. The minimum Gasteiger partial charge on any atom is -0.494 e. The van der Waals surface area contributed by atoms with E-state index in [1.54, 1.807) is 18.2 Å². The van der Waals surface area contributed by atoms with Crippen LogP contribution in [0.2, 0.25) is 0 Å². The summed E-state index contributed by atoms with van der Waals surface area (Å²) >= 11 is 0. The summed E-state index contributed by atoms with van der Waals surface area (Å²) in [7, 11) is 0. The molecule has 0 radical (unpaired) electrons. The molecule has 0 aromatic heterocycles. The molecule has 1 heterocycles. The zero-order valence-corrected chi connectivity index (χ0v) is 17.6. The van der Waals surface area contributed by atoms with Crippen molar-refractivity contribution in [2.45, 2.75) is 63.5 Å². The molecule has 3 unspecified atom stereocenters. The summed E-state index contributed by atoms with van der Waals surface area (Å²) in [6.07, 6.45) is 8.20. The van der Waals surface area contributed by atoms with Gasteiger partial charge in [0.05, 0.1) is 18.2 Å². The first-order chi connectivity index (χ1) is 14.0. The molecule has 2 aliphatic rings. The van der Waals surface area contributed by atoms with Gasteiger partial charge in [-0.2, -0.15) is 0 Å². The number of hydrogen-bond acceptors (Lipinski definition) is 4. The SMILES string of the molecule is C=CC(NC(=O)c1ccc(OCCC2CCOCC2)cc1)C1CCC(O)(CC)C1. The number of carbonyl (C=O) groups excluding carboxylic acids is 1. The van der Waals surface area contributed by atoms with Crippen molar-refractivity contribution in [3.63, 3.8) is 0 Å². The molecule has 2 fully saturated rings. The maximum Gasteiger partial charge on any atom is 0.251 e. The molecule has 1 aromatic carbocycles. The van der Waals surface area contributed by atoms with Crippen LogP contribution in [-0.2, 0) is 4.74 Å². The number of benzene rings is 1. The summed E-state index contributed by atoms with van der Waals surface area (Å²) in [5, 5.41) is 13.6. The lowest BCUT2D eigenvalue weighted by Gasteiger charge is -2.24. The van der Waals surface area contributed by atoms with Crippen LogP contribution in [0.5, 0.6) is 5.75 Å². The number of aliphatic hydroxyl groups is 1. The fourth-order valence-electron chi connectivity index (χ4n) is 4.46. The molecular formula is C24H35NO4. The second-order valence-electron chi connectivity index (χ2n) is 8.53. The number of hydrogen-bond donors (Lipinski definition) is 2. The highest BCUT2D eigenvalue weighted by atomic mass is 16.5. The Hall–Kier alpha value is -1.85. The van der Waals surface area contributed by atoms with Gasteiger partial charge >= 0.3 is 0 Å². The highest BCUT2D eigenvalue weighted by Crippen LogP contribution is 2.38. The lowest BCUT2D eigenvalue weighted by molar-refractivity contribution is 0.0382. The third kappa shape index (κ3) is 6.06. The van der Waals surface area contributed by atoms with Crippen molar-refractivity contribution in [1.29, 1.82) is 0 Å². The monoisotopic (exact) mass is 401 g/mol. The van der Waals surface area contributed by atoms with Crippen LogP contribution in [0, 0.1) is 11.8 Å². The van der Waals surface area contributed by atoms with Gasteiger partial charge in [-0.15, -0.1) is 6.58 Å². The molecule has 1 aliphatic heterocycles. The molecule has 2 N–H and O–H groups in total. The van der Waals surface area contributed by atoms with Crippen LogP contribution in [0.15, 0.2) is 36.9 Å². The van der Waals surface area contributed by atoms with Gasteiger partial charge in [-0.05, 0) is 81.0 Å². The minimum absolute atomic E-state index is 0.115. The number of amides is 1. The normalized spacial score (nSPS) is 26.1. The van der Waals surface area contributed by atoms with E-state index in [0.717, 1.165) is 57.5 Å². The van der Waals surface area contributed by atoms with Gasteiger partial charge in [-0.1, -0.05) is 13.0 Å². The van der Waals surface area contributed by atoms with Crippen LogP contribution in [0.3, 0.4) is 0 Å². The van der Waals surface area contributed by atoms with Crippen LogP contribution < -0.4 is 10.1 Å². The summed E-state index contributed by atoms with van der Waals surface area (Å²) in [6, 6.07) is 7.19. The van der Waals surface area contributed by atoms with Gasteiger partial charge in [0.25, 0.3) is 5.91 Å². The highest BCUT2D eigenvalue weighted by molar-refractivity contribution is 5.94. The molecule has 1 aliphatic carbocycles. The first kappa shape index (κ1) is 21.8. The second kappa shape index (κ2) is 10.3. The van der Waals surface area contributed by atoms with Crippen molar-refractivity contribution in [3.8, 4) is 5.75 Å². The molecular weight excluding hydrogens is 366 g/mol. The number of carbonyl (C=O) groups is 1. The van der Waals surface area contributed by atoms with Gasteiger partial charge in [0.2, 0.25) is 0 Å². The Morgan fingerprint density at radius 3 is 2.69 bits per heavy atom. The van der Waals surface area contributed by atoms with Crippen molar-refractivity contribution in [2.75, 3.05) is 19.8 Å². The Morgan fingerprint density at radius 2 is 2.07 bits per heavy atom. The maximum atomic E-state index is 12.7. The Morgan fingerprint density at radius 1 is 1.34 bits per heavy atom. The van der Waals surface area contributed by atoms with Crippen LogP contribution in [0.25, 0.3) is 0 Å². The molecule has 3 atom stereocenters. The molecule has 1 aromatic rings. The molecule has 3 rings (SSSR count). The quantitative estimate of drug-likeness (QED) is 0.611. The predicted molar refractivity (Wildman–Crippen MR) is 114 cm³/mol. The molecule has 5 nitrogen and oxygen atoms in total. The lowest BCUT2D eigenvalue weighted by atomic mass is 9.93. The first-order valence-corrected chi connectivity index (χ1v) is 11.0. The van der Waals surface area contributed by atoms with Gasteiger partial charge in [-0.25, -0.2) is 0 Å². The van der Waals surface area contributed by atoms with Crippen molar-refractivity contribution < 1.29 is 19.4 Å². The summed E-state index contributed by atoms with van der Waals surface area (Å²) in [5.74, 6) is 1.59. The van der Waals surface area contributed by atoms with Gasteiger partial charge < -0.3 is 19.9 Å². The van der Waals surface area contributed by atoms with Crippen LogP contribution >= 0.6 is 0 Å². The van der Waals surface area contributed by atoms with Crippen molar-refractivity contribution in [2.24, 2.45) is 11.8 Å². The summed E-state index contributed by atoms with van der Waals surface area (Å²) in [6.45, 7) is 8.31. The van der Waals surface area contributed by atoms with E-state index in [1.165, 1.54) is 0 Å². The van der Waals surface area contributed by atoms with Crippen LogP contribution in [0.1, 0.15) is 62.2 Å². The zero-order chi connectivity index (χ0) is 20.7. The van der Waals surface area contributed by atoms with E-state index in [9.17, 15) is 9.90 Å². The average Bonchev–Trinajstić information content (AvgIpc) is 3.15. The topological polar surface area (TPSA) is 67.8 Å². The summed E-state index contributed by atoms with van der Waals surface area (Å²) in [5.41, 5.74) is 0.0118. The Kier molecular flexibility index (Phi) is 7.73. The van der Waals surface area contributed by atoms with E-state index < -0.39 is 5.60 Å². The molecule has 0 spiro atoms. The third-order valence-corrected chi connectivity index (χ3v) is 6.59. The van der Waals surface area contributed by atoms with Gasteiger partial charge in [-0.3, -0.25) is 4.79 Å². The molecule has 5 heteroatoms. The summed E-state index contributed by atoms with van der Waals surface area (Å²) in [4.78, 5) is 12.7. The molecule has 160 valence electrons. The van der Waals surface area contributed by atoms with E-state index >= 15 is 0 Å². The largest absolute Gasteiger partial charge is 0.494 e. The smallest absolute Gasteiger partial charge is 0.251 e. The van der Waals surface area contributed by atoms with E-state index in [1.807, 2.05) is 19.1 Å². The van der Waals surface area contributed by atoms with Gasteiger partial charge in [0.15, 0.2) is 0 Å². The fourth-order valence-corrected chi connectivity index (χ4v) is 4.46. The Balaban J connectivity index is 1.47. The zero-order valence-electron chi connectivity index (χ0n) is 17.6. The van der Waals surface area contributed by atoms with Crippen molar-refractivity contribution in [1.82, 2.24) is 5.32 Å². The van der Waals surface area contributed by atoms with E-state index in [0.29, 0.717) is 24.5 Å². The number of rotatable bonds is 9. The third-order valence-electron chi connectivity index (χ3n) is 6.59. The minimum atomic E-state index is -0.597. The van der Waals surface area contributed by atoms with Gasteiger partial charge in [0.1, 0.15) is 5.75 Å². The molecule has 1 amide bonds. The molecule has 1 saturated heterocycles. The summed E-state index contributed by atoms with van der Waals surface area (Å²) < 4.78 is 11.2. The Labute approximate surface area is 174 Å². The van der Waals surface area contributed by atoms with E-state index in [4.69, 9.17) is 9.47 Å². The van der Waals surface area contributed by atoms with Crippen LogP contribution in [0.4, 0.5) is 0 Å². The predicted octanol–water partition coefficient (Wildman–Crippen LogP) is 4.11.